The lowest BCUT2D eigenvalue weighted by molar-refractivity contribution is -0.0684. The molecule has 4 nitrogen and oxygen atoms in total. The summed E-state index contributed by atoms with van der Waals surface area (Å²) >= 11 is 1.98. The third-order valence-electron chi connectivity index (χ3n) is 5.46. The maximum absolute atomic E-state index is 12.1. The number of hydrogen-bond acceptors (Lipinski definition) is 3. The zero-order chi connectivity index (χ0) is 15.3. The molecule has 2 aliphatic heterocycles. The quantitative estimate of drug-likeness (QED) is 0.833. The van der Waals surface area contributed by atoms with Crippen molar-refractivity contribution in [2.75, 3.05) is 24.7 Å². The van der Waals surface area contributed by atoms with Gasteiger partial charge in [0.15, 0.2) is 0 Å². The van der Waals surface area contributed by atoms with E-state index in [0.29, 0.717) is 0 Å². The lowest BCUT2D eigenvalue weighted by Gasteiger charge is -2.38. The summed E-state index contributed by atoms with van der Waals surface area (Å²) in [6.45, 7) is 1.61. The van der Waals surface area contributed by atoms with Crippen LogP contribution in [0.5, 0.6) is 0 Å². The van der Waals surface area contributed by atoms with Gasteiger partial charge in [0.05, 0.1) is 5.60 Å². The second-order valence-corrected chi connectivity index (χ2v) is 8.32. The molecule has 0 bridgehead atoms. The van der Waals surface area contributed by atoms with Gasteiger partial charge in [0.2, 0.25) is 0 Å². The molecular weight excluding hydrogens is 296 g/mol. The number of thioether (sulfide) groups is 1. The maximum atomic E-state index is 12.1. The molecule has 3 rings (SSSR count). The molecule has 0 aromatic heterocycles. The monoisotopic (exact) mass is 326 g/mol. The van der Waals surface area contributed by atoms with Gasteiger partial charge >= 0.3 is 6.03 Å². The van der Waals surface area contributed by atoms with Gasteiger partial charge in [-0.3, -0.25) is 0 Å². The van der Waals surface area contributed by atoms with E-state index in [4.69, 9.17) is 4.74 Å². The Kier molecular flexibility index (Phi) is 5.91. The van der Waals surface area contributed by atoms with Crippen molar-refractivity contribution >= 4 is 17.8 Å². The van der Waals surface area contributed by atoms with Crippen molar-refractivity contribution in [1.29, 1.82) is 0 Å². The highest BCUT2D eigenvalue weighted by Gasteiger charge is 2.40. The number of nitrogens with one attached hydrogen (secondary N) is 2. The Morgan fingerprint density at radius 3 is 2.86 bits per heavy atom. The van der Waals surface area contributed by atoms with E-state index < -0.39 is 0 Å². The van der Waals surface area contributed by atoms with Crippen molar-refractivity contribution in [3.05, 3.63) is 0 Å². The molecule has 0 aromatic carbocycles. The summed E-state index contributed by atoms with van der Waals surface area (Å²) in [5.74, 6) is 3.12. The molecule has 126 valence electrons. The molecule has 2 amide bonds. The zero-order valence-electron chi connectivity index (χ0n) is 13.6. The topological polar surface area (TPSA) is 50.4 Å². The molecular formula is C17H30N2O2S. The van der Waals surface area contributed by atoms with E-state index >= 15 is 0 Å². The predicted octanol–water partition coefficient (Wildman–Crippen LogP) is 3.31. The third-order valence-corrected chi connectivity index (χ3v) is 6.68. The van der Waals surface area contributed by atoms with Crippen LogP contribution in [0, 0.1) is 5.92 Å². The molecule has 5 heteroatoms. The highest BCUT2D eigenvalue weighted by atomic mass is 32.2. The van der Waals surface area contributed by atoms with E-state index in [0.717, 1.165) is 50.5 Å². The van der Waals surface area contributed by atoms with Gasteiger partial charge < -0.3 is 15.4 Å². The van der Waals surface area contributed by atoms with E-state index in [1.165, 1.54) is 37.9 Å². The summed E-state index contributed by atoms with van der Waals surface area (Å²) < 4.78 is 6.01. The fourth-order valence-electron chi connectivity index (χ4n) is 4.12. The van der Waals surface area contributed by atoms with E-state index in [1.807, 2.05) is 11.8 Å². The van der Waals surface area contributed by atoms with Crippen molar-refractivity contribution < 1.29 is 9.53 Å². The number of urea groups is 1. The Morgan fingerprint density at radius 2 is 2.09 bits per heavy atom. The molecule has 1 aliphatic carbocycles. The molecule has 2 atom stereocenters. The molecule has 2 N–H and O–H groups in total. The van der Waals surface area contributed by atoms with Crippen LogP contribution in [0.1, 0.15) is 57.8 Å². The first-order valence-corrected chi connectivity index (χ1v) is 10.2. The molecule has 3 aliphatic rings. The smallest absolute Gasteiger partial charge is 0.315 e. The van der Waals surface area contributed by atoms with Gasteiger partial charge in [0.25, 0.3) is 0 Å². The second-order valence-electron chi connectivity index (χ2n) is 7.22. The molecule has 0 aromatic rings. The van der Waals surface area contributed by atoms with Crippen LogP contribution in [0.2, 0.25) is 0 Å². The summed E-state index contributed by atoms with van der Waals surface area (Å²) in [5.41, 5.74) is 0.0446. The lowest BCUT2D eigenvalue weighted by atomic mass is 9.87. The first-order valence-electron chi connectivity index (χ1n) is 9.02. The Bertz CT molecular complexity index is 366. The van der Waals surface area contributed by atoms with Crippen LogP contribution < -0.4 is 10.6 Å². The van der Waals surface area contributed by atoms with Gasteiger partial charge in [-0.2, -0.15) is 11.8 Å². The van der Waals surface area contributed by atoms with Crippen molar-refractivity contribution in [2.45, 2.75) is 69.4 Å². The molecule has 1 spiro atoms. The van der Waals surface area contributed by atoms with Crippen LogP contribution in [-0.2, 0) is 4.74 Å². The van der Waals surface area contributed by atoms with Crippen molar-refractivity contribution in [3.63, 3.8) is 0 Å². The molecule has 22 heavy (non-hydrogen) atoms. The summed E-state index contributed by atoms with van der Waals surface area (Å²) in [6, 6.07) is 0.297. The Balaban J connectivity index is 1.34. The van der Waals surface area contributed by atoms with E-state index in [9.17, 15) is 4.79 Å². The Hall–Kier alpha value is -0.420. The fraction of sp³-hybridized carbons (Fsp3) is 0.941. The van der Waals surface area contributed by atoms with E-state index in [1.54, 1.807) is 0 Å². The summed E-state index contributed by atoms with van der Waals surface area (Å²) in [4.78, 5) is 12.1. The highest BCUT2D eigenvalue weighted by molar-refractivity contribution is 7.99. The maximum Gasteiger partial charge on any atom is 0.315 e. The standard InChI is InChI=1S/C17H30N2O2S/c20-16(18-9-6-14-4-2-1-3-5-14)19-15-7-10-21-17(12-15)8-11-22-13-17/h14-15H,1-13H2,(H2,18,19,20). The minimum Gasteiger partial charge on any atom is -0.374 e. The van der Waals surface area contributed by atoms with Crippen LogP contribution in [0.15, 0.2) is 0 Å². The number of rotatable bonds is 4. The molecule has 1 saturated carbocycles. The molecule has 2 heterocycles. The summed E-state index contributed by atoms with van der Waals surface area (Å²) in [5, 5.41) is 6.23. The first-order chi connectivity index (χ1) is 10.8. The number of amides is 2. The number of ether oxygens (including phenoxy) is 1. The largest absolute Gasteiger partial charge is 0.374 e. The van der Waals surface area contributed by atoms with Gasteiger partial charge in [-0.05, 0) is 37.4 Å². The van der Waals surface area contributed by atoms with Gasteiger partial charge in [-0.25, -0.2) is 4.79 Å². The van der Waals surface area contributed by atoms with Crippen LogP contribution in [0.4, 0.5) is 4.79 Å². The lowest BCUT2D eigenvalue weighted by Crippen LogP contribution is -2.51. The highest BCUT2D eigenvalue weighted by Crippen LogP contribution is 2.38. The van der Waals surface area contributed by atoms with E-state index in [2.05, 4.69) is 10.6 Å². The van der Waals surface area contributed by atoms with Gasteiger partial charge in [0, 0.05) is 24.9 Å². The molecule has 2 saturated heterocycles. The second kappa shape index (κ2) is 7.91. The van der Waals surface area contributed by atoms with Crippen LogP contribution in [0.3, 0.4) is 0 Å². The van der Waals surface area contributed by atoms with Crippen LogP contribution >= 0.6 is 11.8 Å². The predicted molar refractivity (Wildman–Crippen MR) is 91.4 cm³/mol. The number of hydrogen-bond donors (Lipinski definition) is 2. The van der Waals surface area contributed by atoms with Gasteiger partial charge in [-0.1, -0.05) is 32.1 Å². The fourth-order valence-corrected chi connectivity index (χ4v) is 5.49. The number of carbonyl (C=O) groups is 1. The van der Waals surface area contributed by atoms with Crippen LogP contribution in [0.25, 0.3) is 0 Å². The third kappa shape index (κ3) is 4.54. The average molecular weight is 327 g/mol. The Labute approximate surface area is 138 Å². The van der Waals surface area contributed by atoms with Gasteiger partial charge in [0.1, 0.15) is 0 Å². The summed E-state index contributed by atoms with van der Waals surface area (Å²) in [7, 11) is 0. The van der Waals surface area contributed by atoms with Crippen molar-refractivity contribution in [1.82, 2.24) is 10.6 Å². The van der Waals surface area contributed by atoms with Crippen molar-refractivity contribution in [2.24, 2.45) is 5.92 Å². The molecule has 3 fully saturated rings. The minimum atomic E-state index is 0.0171. The van der Waals surface area contributed by atoms with Crippen LogP contribution in [-0.4, -0.2) is 42.3 Å². The van der Waals surface area contributed by atoms with E-state index in [-0.39, 0.29) is 17.7 Å². The average Bonchev–Trinajstić information content (AvgIpc) is 2.96. The summed E-state index contributed by atoms with van der Waals surface area (Å²) in [6.07, 6.45) is 11.1. The normalized spacial score (nSPS) is 33.0. The van der Waals surface area contributed by atoms with Gasteiger partial charge in [-0.15, -0.1) is 0 Å². The zero-order valence-corrected chi connectivity index (χ0v) is 14.4. The Morgan fingerprint density at radius 1 is 1.23 bits per heavy atom. The van der Waals surface area contributed by atoms with Crippen molar-refractivity contribution in [3.8, 4) is 0 Å². The minimum absolute atomic E-state index is 0.0171. The molecule has 0 radical (unpaired) electrons. The SMILES string of the molecule is O=C(NCCC1CCCCC1)NC1CCOC2(CCSC2)C1. The number of carbonyl (C=O) groups excluding carboxylic acids is 1. The first kappa shape index (κ1) is 16.4. The molecule has 2 unspecified atom stereocenters.